The molecule has 0 radical (unpaired) electrons. The molecular formula is C13H24O4. The summed E-state index contributed by atoms with van der Waals surface area (Å²) in [6, 6.07) is 0. The zero-order valence-corrected chi connectivity index (χ0v) is 11.7. The molecule has 1 atom stereocenters. The molecule has 0 aromatic heterocycles. The van der Waals surface area contributed by atoms with E-state index in [1.54, 1.807) is 0 Å². The Morgan fingerprint density at radius 3 is 2.00 bits per heavy atom. The van der Waals surface area contributed by atoms with Crippen LogP contribution in [-0.4, -0.2) is 24.6 Å². The second-order valence-corrected chi connectivity index (χ2v) is 5.75. The maximum atomic E-state index is 11.4. The van der Waals surface area contributed by atoms with Crippen LogP contribution in [-0.2, 0) is 19.1 Å². The van der Waals surface area contributed by atoms with E-state index in [0.29, 0.717) is 6.61 Å². The number of carbonyl (C=O) groups excluding carboxylic acids is 2. The third kappa shape index (κ3) is 7.77. The monoisotopic (exact) mass is 244 g/mol. The number of esters is 2. The van der Waals surface area contributed by atoms with Crippen molar-refractivity contribution in [2.45, 2.75) is 54.1 Å². The van der Waals surface area contributed by atoms with Gasteiger partial charge in [0.2, 0.25) is 0 Å². The molecule has 0 fully saturated rings. The minimum absolute atomic E-state index is 0.127. The summed E-state index contributed by atoms with van der Waals surface area (Å²) in [4.78, 5) is 22.7. The maximum Gasteiger partial charge on any atom is 0.317 e. The van der Waals surface area contributed by atoms with Crippen LogP contribution in [0.4, 0.5) is 0 Å². The molecule has 100 valence electrons. The van der Waals surface area contributed by atoms with E-state index in [2.05, 4.69) is 0 Å². The molecule has 0 rings (SSSR count). The molecule has 1 unspecified atom stereocenters. The average Bonchev–Trinajstić information content (AvgIpc) is 2.12. The Morgan fingerprint density at radius 1 is 1.06 bits per heavy atom. The highest BCUT2D eigenvalue weighted by molar-refractivity contribution is 5.91. The predicted molar refractivity (Wildman–Crippen MR) is 65.4 cm³/mol. The van der Waals surface area contributed by atoms with Crippen molar-refractivity contribution < 1.29 is 19.1 Å². The third-order valence-corrected chi connectivity index (χ3v) is 2.39. The van der Waals surface area contributed by atoms with Crippen LogP contribution in [0.15, 0.2) is 0 Å². The van der Waals surface area contributed by atoms with Gasteiger partial charge in [0, 0.05) is 0 Å². The van der Waals surface area contributed by atoms with Gasteiger partial charge in [0.05, 0.1) is 6.61 Å². The molecule has 17 heavy (non-hydrogen) atoms. The lowest BCUT2D eigenvalue weighted by Gasteiger charge is -2.26. The van der Waals surface area contributed by atoms with Gasteiger partial charge in [-0.3, -0.25) is 9.59 Å². The Morgan fingerprint density at radius 2 is 1.59 bits per heavy atom. The Bertz CT molecular complexity index is 263. The summed E-state index contributed by atoms with van der Waals surface area (Å²) in [5.41, 5.74) is -0.127. The largest absolute Gasteiger partial charge is 0.465 e. The van der Waals surface area contributed by atoms with Crippen LogP contribution in [0.25, 0.3) is 0 Å². The van der Waals surface area contributed by atoms with Crippen LogP contribution in [0, 0.1) is 11.3 Å². The topological polar surface area (TPSA) is 52.6 Å². The van der Waals surface area contributed by atoms with Crippen molar-refractivity contribution in [2.24, 2.45) is 11.3 Å². The first kappa shape index (κ1) is 15.9. The van der Waals surface area contributed by atoms with Gasteiger partial charge in [-0.05, 0) is 18.3 Å². The molecule has 0 aliphatic carbocycles. The molecule has 0 aromatic rings. The molecule has 0 heterocycles. The van der Waals surface area contributed by atoms with Gasteiger partial charge >= 0.3 is 11.9 Å². The van der Waals surface area contributed by atoms with Crippen LogP contribution in [0.3, 0.4) is 0 Å². The second-order valence-electron chi connectivity index (χ2n) is 5.75. The molecule has 4 nitrogen and oxygen atoms in total. The molecular weight excluding hydrogens is 220 g/mol. The minimum Gasteiger partial charge on any atom is -0.465 e. The molecule has 0 bridgehead atoms. The number of rotatable bonds is 5. The average molecular weight is 244 g/mol. The van der Waals surface area contributed by atoms with Crippen LogP contribution < -0.4 is 0 Å². The quantitative estimate of drug-likeness (QED) is 0.551. The fraction of sp³-hybridized carbons (Fsp3) is 0.846. The minimum atomic E-state index is -0.527. The van der Waals surface area contributed by atoms with E-state index < -0.39 is 11.9 Å². The van der Waals surface area contributed by atoms with Crippen LogP contribution in [0.2, 0.25) is 0 Å². The predicted octanol–water partition coefficient (Wildman–Crippen LogP) is 2.55. The van der Waals surface area contributed by atoms with Crippen molar-refractivity contribution in [1.82, 2.24) is 0 Å². The molecule has 0 aliphatic rings. The lowest BCUT2D eigenvalue weighted by Crippen LogP contribution is -2.29. The van der Waals surface area contributed by atoms with E-state index in [4.69, 9.17) is 9.47 Å². The SMILES string of the molecule is CC(C)COC(=O)CC(=O)OC(C)C(C)(C)C. The molecule has 0 aliphatic heterocycles. The Kier molecular flexibility index (Phi) is 6.21. The maximum absolute atomic E-state index is 11.4. The summed E-state index contributed by atoms with van der Waals surface area (Å²) >= 11 is 0. The highest BCUT2D eigenvalue weighted by Gasteiger charge is 2.24. The van der Waals surface area contributed by atoms with Crippen LogP contribution in [0.5, 0.6) is 0 Å². The van der Waals surface area contributed by atoms with Gasteiger partial charge in [-0.25, -0.2) is 0 Å². The molecule has 0 aromatic carbocycles. The van der Waals surface area contributed by atoms with E-state index in [9.17, 15) is 9.59 Å². The summed E-state index contributed by atoms with van der Waals surface area (Å²) in [5.74, 6) is -0.783. The van der Waals surface area contributed by atoms with E-state index >= 15 is 0 Å². The molecule has 0 N–H and O–H groups in total. The first-order valence-electron chi connectivity index (χ1n) is 5.98. The van der Waals surface area contributed by atoms with Crippen molar-refractivity contribution in [3.8, 4) is 0 Å². The molecule has 0 saturated carbocycles. The molecule has 0 spiro atoms. The van der Waals surface area contributed by atoms with Gasteiger partial charge < -0.3 is 9.47 Å². The van der Waals surface area contributed by atoms with Crippen molar-refractivity contribution in [2.75, 3.05) is 6.61 Å². The zero-order chi connectivity index (χ0) is 13.6. The number of hydrogen-bond donors (Lipinski definition) is 0. The Labute approximate surface area is 104 Å². The van der Waals surface area contributed by atoms with Crippen molar-refractivity contribution in [3.63, 3.8) is 0 Å². The van der Waals surface area contributed by atoms with Gasteiger partial charge in [-0.2, -0.15) is 0 Å². The summed E-state index contributed by atoms with van der Waals surface area (Å²) in [5, 5.41) is 0. The Balaban J connectivity index is 3.98. The number of carbonyl (C=O) groups is 2. The highest BCUT2D eigenvalue weighted by Crippen LogP contribution is 2.21. The first-order valence-corrected chi connectivity index (χ1v) is 5.98. The Hall–Kier alpha value is -1.06. The van der Waals surface area contributed by atoms with Crippen LogP contribution in [0.1, 0.15) is 48.0 Å². The summed E-state index contributed by atoms with van der Waals surface area (Å²) in [6.07, 6.45) is -0.541. The summed E-state index contributed by atoms with van der Waals surface area (Å²) < 4.78 is 10.1. The summed E-state index contributed by atoms with van der Waals surface area (Å²) in [7, 11) is 0. The van der Waals surface area contributed by atoms with Gasteiger partial charge in [0.1, 0.15) is 12.5 Å². The molecule has 0 saturated heterocycles. The third-order valence-electron chi connectivity index (χ3n) is 2.39. The van der Waals surface area contributed by atoms with Crippen molar-refractivity contribution in [3.05, 3.63) is 0 Å². The zero-order valence-electron chi connectivity index (χ0n) is 11.7. The molecule has 0 amide bonds. The van der Waals surface area contributed by atoms with Crippen LogP contribution >= 0.6 is 0 Å². The van der Waals surface area contributed by atoms with Crippen molar-refractivity contribution >= 4 is 11.9 Å². The number of hydrogen-bond acceptors (Lipinski definition) is 4. The number of ether oxygens (including phenoxy) is 2. The normalized spacial score (nSPS) is 13.4. The van der Waals surface area contributed by atoms with E-state index in [1.165, 1.54) is 0 Å². The summed E-state index contributed by atoms with van der Waals surface area (Å²) in [6.45, 7) is 11.9. The van der Waals surface area contributed by atoms with Gasteiger partial charge in [-0.1, -0.05) is 34.6 Å². The standard InChI is InChI=1S/C13H24O4/c1-9(2)8-16-11(14)7-12(15)17-10(3)13(4,5)6/h9-10H,7-8H2,1-6H3. The van der Waals surface area contributed by atoms with Gasteiger partial charge in [-0.15, -0.1) is 0 Å². The fourth-order valence-electron chi connectivity index (χ4n) is 0.844. The smallest absolute Gasteiger partial charge is 0.317 e. The van der Waals surface area contributed by atoms with Gasteiger partial charge in [0.25, 0.3) is 0 Å². The fourth-order valence-corrected chi connectivity index (χ4v) is 0.844. The van der Waals surface area contributed by atoms with E-state index in [-0.39, 0.29) is 23.9 Å². The van der Waals surface area contributed by atoms with Gasteiger partial charge in [0.15, 0.2) is 0 Å². The van der Waals surface area contributed by atoms with E-state index in [1.807, 2.05) is 41.5 Å². The first-order chi connectivity index (χ1) is 7.62. The lowest BCUT2D eigenvalue weighted by molar-refractivity contribution is -0.161. The second kappa shape index (κ2) is 6.62. The van der Waals surface area contributed by atoms with Crippen molar-refractivity contribution in [1.29, 1.82) is 0 Å². The lowest BCUT2D eigenvalue weighted by atomic mass is 9.90. The molecule has 4 heteroatoms. The highest BCUT2D eigenvalue weighted by atomic mass is 16.6. The van der Waals surface area contributed by atoms with E-state index in [0.717, 1.165) is 0 Å².